The molecule has 2 rings (SSSR count). The van der Waals surface area contributed by atoms with Crippen molar-refractivity contribution in [1.29, 1.82) is 0 Å². The van der Waals surface area contributed by atoms with Gasteiger partial charge in [0.25, 0.3) is 0 Å². The molecule has 0 heterocycles. The summed E-state index contributed by atoms with van der Waals surface area (Å²) in [5.74, 6) is -0.274. The van der Waals surface area contributed by atoms with Gasteiger partial charge in [-0.15, -0.1) is 0 Å². The Morgan fingerprint density at radius 1 is 1.27 bits per heavy atom. The van der Waals surface area contributed by atoms with E-state index in [9.17, 15) is 4.79 Å². The Balaban J connectivity index is 1.98. The van der Waals surface area contributed by atoms with Crippen molar-refractivity contribution in [1.82, 2.24) is 10.2 Å². The second-order valence-corrected chi connectivity index (χ2v) is 6.09. The van der Waals surface area contributed by atoms with Crippen molar-refractivity contribution in [3.05, 3.63) is 35.9 Å². The molecule has 120 valence electrons. The Morgan fingerprint density at radius 2 is 1.95 bits per heavy atom. The quantitative estimate of drug-likeness (QED) is 0.667. The fraction of sp³-hybridized carbons (Fsp3) is 0.529. The van der Waals surface area contributed by atoms with E-state index >= 15 is 0 Å². The summed E-state index contributed by atoms with van der Waals surface area (Å²) in [7, 11) is 1.40. The summed E-state index contributed by atoms with van der Waals surface area (Å²) in [6.45, 7) is 0.776. The van der Waals surface area contributed by atoms with E-state index in [2.05, 4.69) is 5.32 Å². The number of esters is 1. The predicted molar refractivity (Wildman–Crippen MR) is 91.5 cm³/mol. The lowest BCUT2D eigenvalue weighted by Crippen LogP contribution is -2.46. The normalized spacial score (nSPS) is 15.1. The molecule has 1 N–H and O–H groups in total. The standard InChI is InChI=1S/C17H24N2O2S/c1-21-16(20)13-19(12-14-8-4-2-5-9-14)17(22)18-15-10-6-3-7-11-15/h2,4-5,8-9,15H,3,6-7,10-13H2,1H3,(H,18,22). The molecule has 5 heteroatoms. The van der Waals surface area contributed by atoms with Crippen molar-refractivity contribution in [2.24, 2.45) is 0 Å². The molecule has 0 atom stereocenters. The highest BCUT2D eigenvalue weighted by atomic mass is 32.1. The van der Waals surface area contributed by atoms with E-state index in [0.717, 1.165) is 18.4 Å². The minimum Gasteiger partial charge on any atom is -0.468 e. The molecular formula is C17H24N2O2S. The predicted octanol–water partition coefficient (Wildman–Crippen LogP) is 2.87. The molecule has 0 aliphatic heterocycles. The molecule has 1 aromatic rings. The maximum Gasteiger partial charge on any atom is 0.325 e. The molecular weight excluding hydrogens is 296 g/mol. The van der Waals surface area contributed by atoms with Crippen LogP contribution in [0.1, 0.15) is 37.7 Å². The van der Waals surface area contributed by atoms with Crippen LogP contribution in [-0.2, 0) is 16.1 Å². The number of methoxy groups -OCH3 is 1. The van der Waals surface area contributed by atoms with E-state index in [0.29, 0.717) is 17.7 Å². The third-order valence-corrected chi connectivity index (χ3v) is 4.36. The molecule has 1 saturated carbocycles. The molecule has 0 aromatic heterocycles. The van der Waals surface area contributed by atoms with Crippen molar-refractivity contribution < 1.29 is 9.53 Å². The van der Waals surface area contributed by atoms with Gasteiger partial charge in [0.15, 0.2) is 5.11 Å². The van der Waals surface area contributed by atoms with Gasteiger partial charge < -0.3 is 15.0 Å². The fourth-order valence-corrected chi connectivity index (χ4v) is 3.03. The van der Waals surface area contributed by atoms with Crippen molar-refractivity contribution in [2.75, 3.05) is 13.7 Å². The van der Waals surface area contributed by atoms with E-state index in [1.54, 1.807) is 0 Å². The minimum atomic E-state index is -0.274. The monoisotopic (exact) mass is 320 g/mol. The van der Waals surface area contributed by atoms with Crippen LogP contribution in [-0.4, -0.2) is 35.7 Å². The topological polar surface area (TPSA) is 41.6 Å². The average Bonchev–Trinajstić information content (AvgIpc) is 2.56. The van der Waals surface area contributed by atoms with Crippen molar-refractivity contribution in [2.45, 2.75) is 44.7 Å². The molecule has 0 unspecified atom stereocenters. The lowest BCUT2D eigenvalue weighted by molar-refractivity contribution is -0.141. The lowest BCUT2D eigenvalue weighted by Gasteiger charge is -2.30. The highest BCUT2D eigenvalue weighted by molar-refractivity contribution is 7.80. The van der Waals surface area contributed by atoms with Gasteiger partial charge in [-0.2, -0.15) is 0 Å². The number of thiocarbonyl (C=S) groups is 1. The molecule has 1 aliphatic carbocycles. The van der Waals surface area contributed by atoms with Gasteiger partial charge in [-0.05, 0) is 30.6 Å². The number of rotatable bonds is 5. The zero-order chi connectivity index (χ0) is 15.8. The summed E-state index contributed by atoms with van der Waals surface area (Å²) < 4.78 is 4.79. The van der Waals surface area contributed by atoms with Crippen LogP contribution < -0.4 is 5.32 Å². The second-order valence-electron chi connectivity index (χ2n) is 5.70. The number of nitrogens with one attached hydrogen (secondary N) is 1. The summed E-state index contributed by atoms with van der Waals surface area (Å²) >= 11 is 5.53. The second kappa shape index (κ2) is 8.73. The van der Waals surface area contributed by atoms with Crippen LogP contribution in [0.2, 0.25) is 0 Å². The molecule has 22 heavy (non-hydrogen) atoms. The number of carbonyl (C=O) groups excluding carboxylic acids is 1. The van der Waals surface area contributed by atoms with E-state index < -0.39 is 0 Å². The Bertz CT molecular complexity index is 487. The first-order chi connectivity index (χ1) is 10.7. The Kier molecular flexibility index (Phi) is 6.65. The van der Waals surface area contributed by atoms with Gasteiger partial charge in [0.05, 0.1) is 7.11 Å². The Labute approximate surface area is 137 Å². The van der Waals surface area contributed by atoms with Crippen LogP contribution in [0.4, 0.5) is 0 Å². The van der Waals surface area contributed by atoms with Crippen molar-refractivity contribution >= 4 is 23.3 Å². The van der Waals surface area contributed by atoms with Crippen LogP contribution in [0.3, 0.4) is 0 Å². The molecule has 1 aliphatic rings. The first-order valence-electron chi connectivity index (χ1n) is 7.85. The average molecular weight is 320 g/mol. The van der Waals surface area contributed by atoms with Gasteiger partial charge in [-0.25, -0.2) is 0 Å². The number of ether oxygens (including phenoxy) is 1. The summed E-state index contributed by atoms with van der Waals surface area (Å²) in [5.41, 5.74) is 1.12. The number of benzene rings is 1. The molecule has 4 nitrogen and oxygen atoms in total. The van der Waals surface area contributed by atoms with Crippen LogP contribution in [0.5, 0.6) is 0 Å². The van der Waals surface area contributed by atoms with Gasteiger partial charge >= 0.3 is 5.97 Å². The Morgan fingerprint density at radius 3 is 2.59 bits per heavy atom. The molecule has 0 bridgehead atoms. The minimum absolute atomic E-state index is 0.171. The smallest absolute Gasteiger partial charge is 0.325 e. The number of nitrogens with zero attached hydrogens (tertiary/aromatic N) is 1. The third-order valence-electron chi connectivity index (χ3n) is 3.98. The van der Waals surface area contributed by atoms with Crippen LogP contribution in [0.15, 0.2) is 30.3 Å². The Hall–Kier alpha value is -1.62. The molecule has 0 radical (unpaired) electrons. The summed E-state index contributed by atoms with van der Waals surface area (Å²) in [4.78, 5) is 13.5. The maximum absolute atomic E-state index is 11.7. The summed E-state index contributed by atoms with van der Waals surface area (Å²) in [6, 6.07) is 10.5. The fourth-order valence-electron chi connectivity index (χ4n) is 2.74. The van der Waals surface area contributed by atoms with Crippen molar-refractivity contribution in [3.8, 4) is 0 Å². The maximum atomic E-state index is 11.7. The van der Waals surface area contributed by atoms with Gasteiger partial charge in [0, 0.05) is 12.6 Å². The summed E-state index contributed by atoms with van der Waals surface area (Å²) in [5, 5.41) is 4.06. The molecule has 1 aromatic carbocycles. The van der Waals surface area contributed by atoms with Gasteiger partial charge in [-0.3, -0.25) is 4.79 Å². The van der Waals surface area contributed by atoms with E-state index in [4.69, 9.17) is 17.0 Å². The molecule has 0 spiro atoms. The van der Waals surface area contributed by atoms with Gasteiger partial charge in [-0.1, -0.05) is 49.6 Å². The SMILES string of the molecule is COC(=O)CN(Cc1ccccc1)C(=S)NC1CCCCC1. The van der Waals surface area contributed by atoms with Crippen LogP contribution in [0.25, 0.3) is 0 Å². The molecule has 0 saturated heterocycles. The molecule has 1 fully saturated rings. The van der Waals surface area contributed by atoms with Gasteiger partial charge in [0.1, 0.15) is 6.54 Å². The highest BCUT2D eigenvalue weighted by Gasteiger charge is 2.19. The number of hydrogen-bond donors (Lipinski definition) is 1. The first kappa shape index (κ1) is 16.7. The third kappa shape index (κ3) is 5.30. The van der Waals surface area contributed by atoms with E-state index in [1.165, 1.54) is 26.4 Å². The van der Waals surface area contributed by atoms with Gasteiger partial charge in [0.2, 0.25) is 0 Å². The largest absolute Gasteiger partial charge is 0.468 e. The number of carbonyl (C=O) groups is 1. The highest BCUT2D eigenvalue weighted by Crippen LogP contribution is 2.18. The van der Waals surface area contributed by atoms with Crippen LogP contribution >= 0.6 is 12.2 Å². The zero-order valence-corrected chi connectivity index (χ0v) is 13.9. The van der Waals surface area contributed by atoms with Crippen LogP contribution in [0, 0.1) is 0 Å². The summed E-state index contributed by atoms with van der Waals surface area (Å²) in [6.07, 6.45) is 6.10. The first-order valence-corrected chi connectivity index (χ1v) is 8.26. The van der Waals surface area contributed by atoms with Crippen molar-refractivity contribution in [3.63, 3.8) is 0 Å². The van der Waals surface area contributed by atoms with E-state index in [1.807, 2.05) is 35.2 Å². The van der Waals surface area contributed by atoms with E-state index in [-0.39, 0.29) is 12.5 Å². The lowest BCUT2D eigenvalue weighted by atomic mass is 9.96. The molecule has 0 amide bonds. The zero-order valence-electron chi connectivity index (χ0n) is 13.1. The number of hydrogen-bond acceptors (Lipinski definition) is 3.